The Balaban J connectivity index is 1.20. The Labute approximate surface area is 422 Å². The largest absolute Gasteiger partial charge is 0.327 e. The Hall–Kier alpha value is -9.60. The van der Waals surface area contributed by atoms with Crippen LogP contribution in [0.4, 0.5) is 77.2 Å². The van der Waals surface area contributed by atoms with Crippen molar-refractivity contribution in [3.63, 3.8) is 0 Å². The summed E-state index contributed by atoms with van der Waals surface area (Å²) in [6.45, 7) is 0. The molecule has 5 aromatic heterocycles. The number of halogens is 15. The molecule has 0 amide bonds. The van der Waals surface area contributed by atoms with E-state index in [-0.39, 0.29) is 22.9 Å². The van der Waals surface area contributed by atoms with Crippen molar-refractivity contribution in [3.05, 3.63) is 300 Å². The van der Waals surface area contributed by atoms with E-state index >= 15 is 52.7 Å². The average molecular weight is 1070 g/mol. The fraction of sp³-hybridized carbons (Fsp3) is 0. The van der Waals surface area contributed by atoms with Crippen LogP contribution in [-0.4, -0.2) is 24.9 Å². The van der Waals surface area contributed by atoms with Gasteiger partial charge in [0.1, 0.15) is 74.9 Å². The molecule has 0 atom stereocenters. The van der Waals surface area contributed by atoms with Crippen LogP contribution in [-0.2, 0) is 0 Å². The van der Waals surface area contributed by atoms with E-state index in [1.165, 1.54) is 24.5 Å². The van der Waals surface area contributed by atoms with Gasteiger partial charge >= 0.3 is 0 Å². The molecule has 11 rings (SSSR count). The summed E-state index contributed by atoms with van der Waals surface area (Å²) in [6.07, 6.45) is 3.00. The molecule has 22 heteroatoms. The first-order chi connectivity index (χ1) is 36.9. The van der Waals surface area contributed by atoms with Gasteiger partial charge in [-0.15, -0.1) is 5.11 Å². The van der Waals surface area contributed by atoms with E-state index in [9.17, 15) is 13.2 Å². The monoisotopic (exact) mass is 1070 g/mol. The lowest BCUT2D eigenvalue weighted by Gasteiger charge is -2.16. The van der Waals surface area contributed by atoms with Crippen molar-refractivity contribution >= 4 is 11.4 Å². The van der Waals surface area contributed by atoms with Crippen molar-refractivity contribution in [2.24, 2.45) is 10.2 Å². The lowest BCUT2D eigenvalue weighted by atomic mass is 9.86. The van der Waals surface area contributed by atoms with Gasteiger partial charge in [-0.05, 0) is 48.5 Å². The van der Waals surface area contributed by atoms with Crippen LogP contribution in [0.1, 0.15) is 67.8 Å². The van der Waals surface area contributed by atoms with Gasteiger partial charge in [0.2, 0.25) is 87.3 Å². The quantitative estimate of drug-likeness (QED) is 0.0413. The molecule has 0 aliphatic carbocycles. The van der Waals surface area contributed by atoms with Gasteiger partial charge in [-0.3, -0.25) is 4.98 Å². The van der Waals surface area contributed by atoms with Crippen molar-refractivity contribution in [1.29, 1.82) is 0 Å². The topological polar surface area (TPSA) is 101 Å². The van der Waals surface area contributed by atoms with Gasteiger partial charge < -0.3 is 19.9 Å². The summed E-state index contributed by atoms with van der Waals surface area (Å²) in [5.74, 6) is -39.3. The number of hydrogen-bond acceptors (Lipinski definition) is 3. The van der Waals surface area contributed by atoms with E-state index in [2.05, 4.69) is 35.1 Å². The molecule has 7 nitrogen and oxygen atoms in total. The minimum atomic E-state index is -2.61. The molecule has 10 aromatic rings. The normalized spacial score (nSPS) is 12.7. The Morgan fingerprint density at radius 1 is 0.312 bits per heavy atom. The van der Waals surface area contributed by atoms with Gasteiger partial charge in [-0.2, -0.15) is 71.0 Å². The highest BCUT2D eigenvalue weighted by Crippen LogP contribution is 2.45. The van der Waals surface area contributed by atoms with Crippen LogP contribution in [0.25, 0.3) is 11.1 Å². The molecular formula is C55H24F15N7+4. The number of hydrogen-bond donors (Lipinski definition) is 4. The molecule has 5 aromatic carbocycles. The second-order valence-corrected chi connectivity index (χ2v) is 17.0. The van der Waals surface area contributed by atoms with Gasteiger partial charge in [-0.1, -0.05) is 6.07 Å². The van der Waals surface area contributed by atoms with Crippen LogP contribution in [0, 0.1) is 111 Å². The first kappa shape index (κ1) is 49.6. The maximum atomic E-state index is 16.2. The first-order valence-electron chi connectivity index (χ1n) is 22.3. The van der Waals surface area contributed by atoms with Crippen LogP contribution in [0.3, 0.4) is 0 Å². The van der Waals surface area contributed by atoms with Gasteiger partial charge in [-0.25, -0.2) is 0 Å². The summed E-state index contributed by atoms with van der Waals surface area (Å²) in [7, 11) is 0. The van der Waals surface area contributed by atoms with Gasteiger partial charge in [0.15, 0.2) is 16.7 Å². The third-order valence-electron chi connectivity index (χ3n) is 12.6. The molecule has 0 saturated carbocycles. The molecule has 0 unspecified atom stereocenters. The standard InChI is InChI=1S/C55H24F15N7/c56-41-38(42(57)48(63)53(68)47(41)62)35-28-12-10-26(72-28)34(25-9-2-1-8-24(25)21-5-3-6-22(19-21)76-77-23-7-4-18-71-20-23)27-11-13-29(73-27)36(39-43(58)49(64)54(69)50(65)44(39)59)31-15-17-33(75-31)37(32-16-14-30(35)74-32)40-45(60)51(66)55(70)52(67)46(40)61/h1-20,72-75H/q+4. The zero-order valence-corrected chi connectivity index (χ0v) is 38.1. The summed E-state index contributed by atoms with van der Waals surface area (Å²) in [6, 6.07) is 24.7. The number of benzene rings is 5. The van der Waals surface area contributed by atoms with Crippen molar-refractivity contribution in [1.82, 2.24) is 24.9 Å². The van der Waals surface area contributed by atoms with E-state index in [0.717, 1.165) is 36.4 Å². The molecule has 0 fully saturated rings. The summed E-state index contributed by atoms with van der Waals surface area (Å²) in [4.78, 5) is 14.9. The molecule has 0 saturated heterocycles. The van der Waals surface area contributed by atoms with E-state index in [1.54, 1.807) is 60.7 Å². The second-order valence-electron chi connectivity index (χ2n) is 17.0. The van der Waals surface area contributed by atoms with Crippen molar-refractivity contribution in [2.45, 2.75) is 0 Å². The highest BCUT2D eigenvalue weighted by molar-refractivity contribution is 5.76. The third kappa shape index (κ3) is 8.10. The van der Waals surface area contributed by atoms with Gasteiger partial charge in [0.25, 0.3) is 0 Å². The summed E-state index contributed by atoms with van der Waals surface area (Å²) in [5.41, 5.74) is -6.56. The summed E-state index contributed by atoms with van der Waals surface area (Å²) < 4.78 is 232. The molecule has 8 bridgehead atoms. The van der Waals surface area contributed by atoms with E-state index < -0.39 is 156 Å². The Morgan fingerprint density at radius 3 is 1.00 bits per heavy atom. The molecule has 77 heavy (non-hydrogen) atoms. The number of aromatic amines is 4. The van der Waals surface area contributed by atoms with Crippen molar-refractivity contribution in [2.75, 3.05) is 0 Å². The number of pyridine rings is 1. The molecule has 0 spiro atoms. The fourth-order valence-electron chi connectivity index (χ4n) is 9.12. The first-order valence-corrected chi connectivity index (χ1v) is 22.3. The molecule has 4 N–H and O–H groups in total. The molecule has 1 aliphatic heterocycles. The number of nitrogens with one attached hydrogen (secondary N) is 4. The van der Waals surface area contributed by atoms with E-state index in [4.69, 9.17) is 0 Å². The molecular weight excluding hydrogens is 1040 g/mol. The number of aromatic nitrogens is 5. The minimum Gasteiger partial charge on any atom is -0.327 e. The Kier molecular flexibility index (Phi) is 12.2. The van der Waals surface area contributed by atoms with Crippen molar-refractivity contribution in [3.8, 4) is 11.1 Å². The molecule has 1 aliphatic rings. The summed E-state index contributed by atoms with van der Waals surface area (Å²) in [5, 5.41) is 8.53. The molecule has 0 radical (unpaired) electrons. The van der Waals surface area contributed by atoms with Crippen LogP contribution < -0.4 is 0 Å². The van der Waals surface area contributed by atoms with Crippen LogP contribution in [0.5, 0.6) is 0 Å². The van der Waals surface area contributed by atoms with E-state index in [0.29, 0.717) is 22.5 Å². The van der Waals surface area contributed by atoms with Crippen molar-refractivity contribution < 1.29 is 65.9 Å². The molecule has 6 heterocycles. The number of nitrogens with zero attached hydrogens (tertiary/aromatic N) is 3. The zero-order valence-electron chi connectivity index (χ0n) is 38.1. The fourth-order valence-corrected chi connectivity index (χ4v) is 9.12. The predicted octanol–water partition coefficient (Wildman–Crippen LogP) is 15.0. The smallest absolute Gasteiger partial charge is 0.239 e. The average Bonchev–Trinajstić information content (AvgIpc) is 4.31. The lowest BCUT2D eigenvalue weighted by Crippen LogP contribution is -2.18. The van der Waals surface area contributed by atoms with Crippen LogP contribution in [0.2, 0.25) is 0 Å². The maximum Gasteiger partial charge on any atom is 0.239 e. The number of fused-ring (bicyclic) bond motifs is 8. The highest BCUT2D eigenvalue weighted by Gasteiger charge is 2.47. The second kappa shape index (κ2) is 19.0. The minimum absolute atomic E-state index is 0.0536. The third-order valence-corrected chi connectivity index (χ3v) is 12.6. The Bertz CT molecular complexity index is 3770. The number of rotatable bonds is 7. The molecule has 380 valence electrons. The lowest BCUT2D eigenvalue weighted by molar-refractivity contribution is 0.373. The van der Waals surface area contributed by atoms with E-state index in [1.807, 2.05) is 0 Å². The highest BCUT2D eigenvalue weighted by atomic mass is 19.2. The predicted molar refractivity (Wildman–Crippen MR) is 244 cm³/mol. The van der Waals surface area contributed by atoms with Crippen LogP contribution in [0.15, 0.2) is 132 Å². The van der Waals surface area contributed by atoms with Gasteiger partial charge in [0.05, 0.1) is 71.5 Å². The SMILES string of the molecule is Fc1c(F)c(F)c([C+]2c3ccc([nH]3)[C+](c3ccccc3-c3cccc(N=Nc4cccnc4)c3)c3ccc([nH]3)[C+](c3c(F)c(F)c(F)c(F)c3F)c3ccc([nH]3)[C+](c3c(F)c(F)c(F)c(F)c3F)c3ccc2[nH]3)c(F)c1F. The number of H-pyrrole nitrogens is 4. The van der Waals surface area contributed by atoms with Crippen LogP contribution >= 0.6 is 0 Å². The maximum absolute atomic E-state index is 16.2. The number of azo groups is 1. The Morgan fingerprint density at radius 2 is 0.636 bits per heavy atom. The summed E-state index contributed by atoms with van der Waals surface area (Å²) >= 11 is 0. The zero-order chi connectivity index (χ0) is 54.3. The van der Waals surface area contributed by atoms with Gasteiger partial charge in [0, 0.05) is 17.8 Å².